The molecule has 180 valence electrons. The fourth-order valence-corrected chi connectivity index (χ4v) is 4.18. The number of carbonyl (C=O) groups excluding carboxylic acids is 3. The van der Waals surface area contributed by atoms with Gasteiger partial charge in [-0.2, -0.15) is 0 Å². The smallest absolute Gasteiger partial charge is 0.331 e. The fraction of sp³-hybridized carbons (Fsp3) is 0.125. The minimum Gasteiger partial charge on any atom is -0.493 e. The summed E-state index contributed by atoms with van der Waals surface area (Å²) >= 11 is 15.6. The molecule has 0 spiro atoms. The third-order valence-electron chi connectivity index (χ3n) is 5.06. The molecule has 1 aromatic heterocycles. The maximum absolute atomic E-state index is 13.0. The topological polar surface area (TPSA) is 98.1 Å². The number of benzene rings is 2. The van der Waals surface area contributed by atoms with E-state index in [4.69, 9.17) is 37.1 Å². The fourth-order valence-electron chi connectivity index (χ4n) is 3.28. The quantitative estimate of drug-likeness (QED) is 0.289. The number of hydrogen-bond acceptors (Lipinski definition) is 6. The van der Waals surface area contributed by atoms with Gasteiger partial charge >= 0.3 is 6.03 Å². The van der Waals surface area contributed by atoms with Crippen molar-refractivity contribution in [3.8, 4) is 11.5 Å². The molecule has 0 saturated carbocycles. The summed E-state index contributed by atoms with van der Waals surface area (Å²) in [6, 6.07) is 10.8. The number of furan rings is 1. The molecule has 2 heterocycles. The predicted octanol–water partition coefficient (Wildman–Crippen LogP) is 5.60. The highest BCUT2D eigenvalue weighted by atomic mass is 79.9. The zero-order valence-corrected chi connectivity index (χ0v) is 21.2. The van der Waals surface area contributed by atoms with Crippen molar-refractivity contribution in [2.75, 3.05) is 7.11 Å². The van der Waals surface area contributed by atoms with E-state index in [1.54, 1.807) is 42.5 Å². The second kappa shape index (κ2) is 10.6. The minimum atomic E-state index is -0.824. The van der Waals surface area contributed by atoms with Crippen molar-refractivity contribution in [3.05, 3.63) is 85.7 Å². The van der Waals surface area contributed by atoms with Crippen LogP contribution in [0.15, 0.2) is 63.2 Å². The van der Waals surface area contributed by atoms with Gasteiger partial charge < -0.3 is 13.9 Å². The molecular formula is C24H17BrCl2N2O6. The van der Waals surface area contributed by atoms with Crippen LogP contribution in [0, 0.1) is 0 Å². The van der Waals surface area contributed by atoms with Crippen LogP contribution in [-0.4, -0.2) is 29.9 Å². The van der Waals surface area contributed by atoms with E-state index < -0.39 is 17.8 Å². The molecule has 1 aliphatic heterocycles. The van der Waals surface area contributed by atoms with Gasteiger partial charge in [-0.15, -0.1) is 0 Å². The van der Waals surface area contributed by atoms with Gasteiger partial charge in [0.25, 0.3) is 11.8 Å². The first-order valence-electron chi connectivity index (χ1n) is 10.1. The van der Waals surface area contributed by atoms with Crippen LogP contribution in [-0.2, 0) is 22.7 Å². The van der Waals surface area contributed by atoms with Crippen molar-refractivity contribution in [2.45, 2.75) is 13.2 Å². The average Bonchev–Trinajstić information content (AvgIpc) is 3.33. The summed E-state index contributed by atoms with van der Waals surface area (Å²) in [6.07, 6.45) is 2.79. The molecule has 35 heavy (non-hydrogen) atoms. The third-order valence-corrected chi connectivity index (χ3v) is 6.33. The van der Waals surface area contributed by atoms with Gasteiger partial charge in [0, 0.05) is 20.1 Å². The summed E-state index contributed by atoms with van der Waals surface area (Å²) in [4.78, 5) is 38.5. The monoisotopic (exact) mass is 578 g/mol. The molecule has 0 unspecified atom stereocenters. The highest BCUT2D eigenvalue weighted by Crippen LogP contribution is 2.36. The molecule has 0 radical (unpaired) electrons. The lowest BCUT2D eigenvalue weighted by Crippen LogP contribution is -2.53. The van der Waals surface area contributed by atoms with Crippen LogP contribution in [0.4, 0.5) is 4.79 Å². The summed E-state index contributed by atoms with van der Waals surface area (Å²) < 4.78 is 17.1. The Bertz CT molecular complexity index is 1340. The summed E-state index contributed by atoms with van der Waals surface area (Å²) in [5, 5.41) is 3.15. The number of hydrogen-bond donors (Lipinski definition) is 1. The van der Waals surface area contributed by atoms with Crippen molar-refractivity contribution in [1.29, 1.82) is 0 Å². The molecule has 1 aliphatic rings. The molecule has 4 amide bonds. The SMILES string of the molecule is COc1cc(/C=C2\C(=O)NC(=O)N(Cc3ccco3)C2=O)c(Br)cc1OCc1ccc(Cl)cc1Cl. The van der Waals surface area contributed by atoms with Crippen LogP contribution >= 0.6 is 39.1 Å². The first-order chi connectivity index (χ1) is 16.8. The van der Waals surface area contributed by atoms with E-state index in [0.717, 1.165) is 10.5 Å². The number of barbiturate groups is 1. The second-order valence-electron chi connectivity index (χ2n) is 7.34. The zero-order chi connectivity index (χ0) is 25.1. The van der Waals surface area contributed by atoms with E-state index in [2.05, 4.69) is 21.2 Å². The Labute approximate surface area is 218 Å². The highest BCUT2D eigenvalue weighted by Gasteiger charge is 2.36. The van der Waals surface area contributed by atoms with E-state index in [1.807, 2.05) is 0 Å². The van der Waals surface area contributed by atoms with Crippen LogP contribution in [0.3, 0.4) is 0 Å². The summed E-state index contributed by atoms with van der Waals surface area (Å²) in [5.74, 6) is -0.399. The first kappa shape index (κ1) is 24.8. The van der Waals surface area contributed by atoms with Crippen LogP contribution in [0.1, 0.15) is 16.9 Å². The van der Waals surface area contributed by atoms with Crippen molar-refractivity contribution in [2.24, 2.45) is 0 Å². The second-order valence-corrected chi connectivity index (χ2v) is 9.03. The molecule has 1 N–H and O–H groups in total. The molecule has 2 aromatic carbocycles. The Morgan fingerprint density at radius 3 is 2.60 bits per heavy atom. The Kier molecular flexibility index (Phi) is 7.49. The van der Waals surface area contributed by atoms with Gasteiger partial charge in [-0.25, -0.2) is 4.79 Å². The molecule has 1 saturated heterocycles. The summed E-state index contributed by atoms with van der Waals surface area (Å²) in [6.45, 7) is 0.0385. The van der Waals surface area contributed by atoms with Gasteiger partial charge in [0.1, 0.15) is 17.9 Å². The van der Waals surface area contributed by atoms with E-state index in [-0.39, 0.29) is 18.7 Å². The van der Waals surface area contributed by atoms with E-state index in [1.165, 1.54) is 19.4 Å². The van der Waals surface area contributed by atoms with Crippen LogP contribution in [0.25, 0.3) is 6.08 Å². The molecule has 0 atom stereocenters. The van der Waals surface area contributed by atoms with Crippen LogP contribution in [0.2, 0.25) is 10.0 Å². The molecule has 1 fully saturated rings. The maximum atomic E-state index is 13.0. The molecule has 3 aromatic rings. The van der Waals surface area contributed by atoms with E-state index in [0.29, 0.717) is 37.3 Å². The molecule has 0 bridgehead atoms. The number of imide groups is 2. The number of halogens is 3. The molecule has 11 heteroatoms. The zero-order valence-electron chi connectivity index (χ0n) is 18.1. The Hall–Kier alpha value is -3.27. The van der Waals surface area contributed by atoms with Gasteiger partial charge in [0.15, 0.2) is 11.5 Å². The van der Waals surface area contributed by atoms with Crippen molar-refractivity contribution < 1.29 is 28.3 Å². The molecule has 0 aliphatic carbocycles. The third kappa shape index (κ3) is 5.53. The Morgan fingerprint density at radius 1 is 1.11 bits per heavy atom. The maximum Gasteiger partial charge on any atom is 0.331 e. The molecule has 4 rings (SSSR count). The number of nitrogens with zero attached hydrogens (tertiary/aromatic N) is 1. The Morgan fingerprint density at radius 2 is 1.91 bits per heavy atom. The van der Waals surface area contributed by atoms with Crippen LogP contribution < -0.4 is 14.8 Å². The highest BCUT2D eigenvalue weighted by molar-refractivity contribution is 9.10. The number of rotatable bonds is 7. The van der Waals surface area contributed by atoms with Gasteiger partial charge in [0.2, 0.25) is 0 Å². The minimum absolute atomic E-state index is 0.118. The van der Waals surface area contributed by atoms with Gasteiger partial charge in [0.05, 0.1) is 19.9 Å². The predicted molar refractivity (Wildman–Crippen MR) is 132 cm³/mol. The number of ether oxygens (including phenoxy) is 2. The lowest BCUT2D eigenvalue weighted by molar-refractivity contribution is -0.130. The first-order valence-corrected chi connectivity index (χ1v) is 11.7. The molecule has 8 nitrogen and oxygen atoms in total. The number of carbonyl (C=O) groups is 3. The van der Waals surface area contributed by atoms with E-state index >= 15 is 0 Å². The van der Waals surface area contributed by atoms with Crippen molar-refractivity contribution in [3.63, 3.8) is 0 Å². The Balaban J connectivity index is 1.60. The number of methoxy groups -OCH3 is 1. The largest absolute Gasteiger partial charge is 0.493 e. The molecular weight excluding hydrogens is 563 g/mol. The standard InChI is InChI=1S/C24H17BrCl2N2O6/c1-33-20-8-14(18(25)10-21(20)35-12-13-4-5-15(26)9-19(13)27)7-17-22(30)28-24(32)29(23(17)31)11-16-3-2-6-34-16/h2-10H,11-12H2,1H3,(H,28,30,32)/b17-7+. The number of amides is 4. The normalized spacial score (nSPS) is 14.9. The number of nitrogens with one attached hydrogen (secondary N) is 1. The average molecular weight is 580 g/mol. The van der Waals surface area contributed by atoms with E-state index in [9.17, 15) is 14.4 Å². The lowest BCUT2D eigenvalue weighted by Gasteiger charge is -2.25. The van der Waals surface area contributed by atoms with Gasteiger partial charge in [-0.3, -0.25) is 19.8 Å². The van der Waals surface area contributed by atoms with Gasteiger partial charge in [-0.05, 0) is 48.0 Å². The van der Waals surface area contributed by atoms with Crippen molar-refractivity contribution >= 4 is 63.1 Å². The summed E-state index contributed by atoms with van der Waals surface area (Å²) in [5.41, 5.74) is 0.969. The summed E-state index contributed by atoms with van der Waals surface area (Å²) in [7, 11) is 1.46. The lowest BCUT2D eigenvalue weighted by atomic mass is 10.1. The van der Waals surface area contributed by atoms with Crippen LogP contribution in [0.5, 0.6) is 11.5 Å². The van der Waals surface area contributed by atoms with Crippen molar-refractivity contribution in [1.82, 2.24) is 10.2 Å². The number of urea groups is 1. The van der Waals surface area contributed by atoms with Gasteiger partial charge in [-0.1, -0.05) is 45.2 Å².